The van der Waals surface area contributed by atoms with Gasteiger partial charge in [-0.3, -0.25) is 19.3 Å². The van der Waals surface area contributed by atoms with Crippen molar-refractivity contribution < 1.29 is 28.2 Å². The predicted molar refractivity (Wildman–Crippen MR) is 125 cm³/mol. The van der Waals surface area contributed by atoms with E-state index >= 15 is 0 Å². The summed E-state index contributed by atoms with van der Waals surface area (Å²) >= 11 is 4.16. The minimum Gasteiger partial charge on any atom is -0.488 e. The minimum atomic E-state index is -0.536. The van der Waals surface area contributed by atoms with Crippen LogP contribution in [0.3, 0.4) is 0 Å². The molecular weight excluding hydrogens is 515 g/mol. The van der Waals surface area contributed by atoms with Crippen LogP contribution < -0.4 is 4.74 Å². The number of halogens is 2. The Morgan fingerprint density at radius 3 is 2.70 bits per heavy atom. The van der Waals surface area contributed by atoms with E-state index in [-0.39, 0.29) is 29.8 Å². The molecule has 2 aromatic carbocycles. The van der Waals surface area contributed by atoms with Crippen LogP contribution in [0.1, 0.15) is 11.1 Å². The van der Waals surface area contributed by atoms with E-state index < -0.39 is 11.1 Å². The Balaban J connectivity index is 1.50. The second-order valence-electron chi connectivity index (χ2n) is 7.32. The van der Waals surface area contributed by atoms with E-state index in [1.165, 1.54) is 6.07 Å². The van der Waals surface area contributed by atoms with E-state index in [2.05, 4.69) is 15.9 Å². The molecule has 2 aromatic rings. The summed E-state index contributed by atoms with van der Waals surface area (Å²) in [7, 11) is 0. The molecule has 2 heterocycles. The molecule has 7 nitrogen and oxygen atoms in total. The van der Waals surface area contributed by atoms with E-state index in [9.17, 15) is 18.8 Å². The topological polar surface area (TPSA) is 76.2 Å². The highest BCUT2D eigenvalue weighted by Gasteiger charge is 2.37. The van der Waals surface area contributed by atoms with Gasteiger partial charge in [-0.25, -0.2) is 4.39 Å². The second-order valence-corrected chi connectivity index (χ2v) is 9.23. The highest BCUT2D eigenvalue weighted by atomic mass is 79.9. The van der Waals surface area contributed by atoms with E-state index in [1.807, 2.05) is 0 Å². The van der Waals surface area contributed by atoms with Gasteiger partial charge in [0.2, 0.25) is 5.91 Å². The molecule has 0 unspecified atom stereocenters. The van der Waals surface area contributed by atoms with E-state index in [4.69, 9.17) is 9.47 Å². The second kappa shape index (κ2) is 10.5. The van der Waals surface area contributed by atoms with Crippen LogP contribution in [0.2, 0.25) is 0 Å². The van der Waals surface area contributed by atoms with Gasteiger partial charge in [0.1, 0.15) is 24.7 Å². The summed E-state index contributed by atoms with van der Waals surface area (Å²) in [4.78, 5) is 40.5. The number of benzene rings is 2. The lowest BCUT2D eigenvalue weighted by molar-refractivity contribution is -0.139. The van der Waals surface area contributed by atoms with Crippen LogP contribution in [-0.2, 0) is 20.9 Å². The number of rotatable bonds is 6. The van der Waals surface area contributed by atoms with Crippen LogP contribution in [0.5, 0.6) is 5.75 Å². The lowest BCUT2D eigenvalue weighted by Gasteiger charge is -2.28. The zero-order valence-electron chi connectivity index (χ0n) is 17.5. The zero-order valence-corrected chi connectivity index (χ0v) is 19.9. The lowest BCUT2D eigenvalue weighted by Crippen LogP contribution is -2.46. The molecule has 0 saturated carbocycles. The average Bonchev–Trinajstić information content (AvgIpc) is 3.07. The third kappa shape index (κ3) is 5.63. The number of amides is 3. The monoisotopic (exact) mass is 534 g/mol. The first kappa shape index (κ1) is 23.5. The number of carbonyl (C=O) groups is 3. The maximum Gasteiger partial charge on any atom is 0.294 e. The Morgan fingerprint density at radius 2 is 1.94 bits per heavy atom. The lowest BCUT2D eigenvalue weighted by atomic mass is 10.1. The van der Waals surface area contributed by atoms with Crippen molar-refractivity contribution in [3.63, 3.8) is 0 Å². The molecule has 2 aliphatic heterocycles. The van der Waals surface area contributed by atoms with Gasteiger partial charge in [-0.05, 0) is 42.1 Å². The molecular formula is C23H20BrFN2O5S. The van der Waals surface area contributed by atoms with Crippen LogP contribution in [-0.4, -0.2) is 59.7 Å². The third-order valence-corrected chi connectivity index (χ3v) is 6.53. The summed E-state index contributed by atoms with van der Waals surface area (Å²) in [5.74, 6) is -0.773. The predicted octanol–water partition coefficient (Wildman–Crippen LogP) is 4.06. The molecule has 0 aliphatic carbocycles. The van der Waals surface area contributed by atoms with E-state index in [1.54, 1.807) is 47.4 Å². The molecule has 2 saturated heterocycles. The van der Waals surface area contributed by atoms with Crippen LogP contribution in [0.4, 0.5) is 9.18 Å². The van der Waals surface area contributed by atoms with Gasteiger partial charge in [0.25, 0.3) is 11.1 Å². The maximum absolute atomic E-state index is 13.9. The molecule has 0 bridgehead atoms. The molecule has 33 heavy (non-hydrogen) atoms. The smallest absolute Gasteiger partial charge is 0.294 e. The van der Waals surface area contributed by atoms with Crippen molar-refractivity contribution in [1.82, 2.24) is 9.80 Å². The molecule has 172 valence electrons. The van der Waals surface area contributed by atoms with Gasteiger partial charge >= 0.3 is 0 Å². The average molecular weight is 535 g/mol. The van der Waals surface area contributed by atoms with E-state index in [0.717, 1.165) is 21.1 Å². The summed E-state index contributed by atoms with van der Waals surface area (Å²) in [5, 5.41) is -0.503. The number of ether oxygens (including phenoxy) is 2. The van der Waals surface area contributed by atoms with Crippen LogP contribution in [0, 0.1) is 5.82 Å². The summed E-state index contributed by atoms with van der Waals surface area (Å²) in [6.45, 7) is 1.44. The van der Waals surface area contributed by atoms with Crippen LogP contribution in [0.15, 0.2) is 51.8 Å². The van der Waals surface area contributed by atoms with Crippen molar-refractivity contribution in [3.8, 4) is 5.75 Å². The fourth-order valence-corrected chi connectivity index (χ4v) is 4.57. The molecule has 10 heteroatoms. The Labute approximate surface area is 202 Å². The first-order valence-corrected chi connectivity index (χ1v) is 11.8. The fourth-order valence-electron chi connectivity index (χ4n) is 3.36. The Hall–Kier alpha value is -2.69. The Kier molecular flexibility index (Phi) is 7.46. The molecule has 0 atom stereocenters. The third-order valence-electron chi connectivity index (χ3n) is 5.13. The molecule has 2 fully saturated rings. The van der Waals surface area contributed by atoms with Gasteiger partial charge < -0.3 is 14.4 Å². The van der Waals surface area contributed by atoms with Crippen molar-refractivity contribution in [1.29, 1.82) is 0 Å². The van der Waals surface area contributed by atoms with Gasteiger partial charge in [-0.2, -0.15) is 0 Å². The highest BCUT2D eigenvalue weighted by Crippen LogP contribution is 2.35. The molecule has 2 aliphatic rings. The number of hydrogen-bond acceptors (Lipinski definition) is 6. The quantitative estimate of drug-likeness (QED) is 0.520. The van der Waals surface area contributed by atoms with Crippen molar-refractivity contribution >= 4 is 50.8 Å². The van der Waals surface area contributed by atoms with Crippen LogP contribution >= 0.6 is 27.7 Å². The number of nitrogens with zero attached hydrogens (tertiary/aromatic N) is 2. The molecule has 4 rings (SSSR count). The Morgan fingerprint density at radius 1 is 1.18 bits per heavy atom. The minimum absolute atomic E-state index is 0.00464. The largest absolute Gasteiger partial charge is 0.488 e. The van der Waals surface area contributed by atoms with Crippen molar-refractivity contribution in [2.45, 2.75) is 6.61 Å². The standard InChI is InChI=1S/C23H20BrFN2O5S/c24-17-5-6-19(32-14-15-3-1-2-4-18(15)25)16(11-17)12-20-22(29)27(23(30)33-20)13-21(28)26-7-9-31-10-8-26/h1-6,11-12H,7-10,13-14H2/b20-12-. The van der Waals surface area contributed by atoms with Gasteiger partial charge in [-0.15, -0.1) is 0 Å². The summed E-state index contributed by atoms with van der Waals surface area (Å²) in [6, 6.07) is 11.5. The first-order valence-electron chi connectivity index (χ1n) is 10.2. The number of thioether (sulfide) groups is 1. The highest BCUT2D eigenvalue weighted by molar-refractivity contribution is 9.10. The van der Waals surface area contributed by atoms with Crippen molar-refractivity contribution in [2.24, 2.45) is 0 Å². The molecule has 0 aromatic heterocycles. The molecule has 0 radical (unpaired) electrons. The SMILES string of the molecule is O=C(CN1C(=O)S/C(=C\c2cc(Br)ccc2OCc2ccccc2F)C1=O)N1CCOCC1. The number of imide groups is 1. The molecule has 3 amide bonds. The van der Waals surface area contributed by atoms with Gasteiger partial charge in [0.15, 0.2) is 0 Å². The van der Waals surface area contributed by atoms with Gasteiger partial charge in [-0.1, -0.05) is 34.1 Å². The van der Waals surface area contributed by atoms with E-state index in [0.29, 0.717) is 43.2 Å². The number of morpholine rings is 1. The fraction of sp³-hybridized carbons (Fsp3) is 0.261. The summed E-state index contributed by atoms with van der Waals surface area (Å²) in [6.07, 6.45) is 1.55. The Bertz CT molecular complexity index is 1120. The maximum atomic E-state index is 13.9. The summed E-state index contributed by atoms with van der Waals surface area (Å²) in [5.41, 5.74) is 0.944. The van der Waals surface area contributed by atoms with Gasteiger partial charge in [0, 0.05) is 28.7 Å². The molecule has 0 spiro atoms. The number of carbonyl (C=O) groups excluding carboxylic acids is 3. The zero-order chi connectivity index (χ0) is 23.4. The van der Waals surface area contributed by atoms with Crippen LogP contribution in [0.25, 0.3) is 6.08 Å². The normalized spacial score (nSPS) is 17.7. The molecule has 0 N–H and O–H groups in total. The number of hydrogen-bond donors (Lipinski definition) is 0. The van der Waals surface area contributed by atoms with Crippen molar-refractivity contribution in [2.75, 3.05) is 32.8 Å². The first-order chi connectivity index (χ1) is 15.9. The van der Waals surface area contributed by atoms with Gasteiger partial charge in [0.05, 0.1) is 18.1 Å². The van der Waals surface area contributed by atoms with Crippen molar-refractivity contribution in [3.05, 3.63) is 68.8 Å². The summed E-state index contributed by atoms with van der Waals surface area (Å²) < 4.78 is 25.7.